The van der Waals surface area contributed by atoms with Crippen molar-refractivity contribution >= 4 is 17.8 Å². The molecule has 0 aliphatic carbocycles. The monoisotopic (exact) mass is 347 g/mol. The van der Waals surface area contributed by atoms with Crippen molar-refractivity contribution in [1.82, 2.24) is 15.8 Å². The lowest BCUT2D eigenvalue weighted by molar-refractivity contribution is -0.900. The fraction of sp³-hybridized carbons (Fsp3) is 0.471. The van der Waals surface area contributed by atoms with Crippen molar-refractivity contribution in [2.75, 3.05) is 32.8 Å². The third kappa shape index (κ3) is 3.35. The molecule has 0 unspecified atom stereocenters. The highest BCUT2D eigenvalue weighted by atomic mass is 16.5. The molecule has 1 atom stereocenters. The highest BCUT2D eigenvalue weighted by molar-refractivity contribution is 6.08. The minimum Gasteiger partial charge on any atom is -0.370 e. The molecule has 3 N–H and O–H groups in total. The zero-order valence-electron chi connectivity index (χ0n) is 14.2. The van der Waals surface area contributed by atoms with Crippen molar-refractivity contribution in [3.63, 3.8) is 0 Å². The van der Waals surface area contributed by atoms with Gasteiger partial charge >= 0.3 is 6.03 Å². The molecule has 0 bridgehead atoms. The predicted molar refractivity (Wildman–Crippen MR) is 88.3 cm³/mol. The predicted octanol–water partition coefficient (Wildman–Crippen LogP) is -1.21. The maximum absolute atomic E-state index is 12.9. The van der Waals surface area contributed by atoms with E-state index in [4.69, 9.17) is 4.74 Å². The molecule has 2 aliphatic heterocycles. The maximum atomic E-state index is 12.9. The summed E-state index contributed by atoms with van der Waals surface area (Å²) in [5, 5.41) is 3.54. The number of carbonyl (C=O) groups excluding carboxylic acids is 3. The molecule has 8 heteroatoms. The molecule has 1 aromatic rings. The molecular weight excluding hydrogens is 324 g/mol. The summed E-state index contributed by atoms with van der Waals surface area (Å²) < 4.78 is 5.26. The molecule has 0 aromatic heterocycles. The van der Waals surface area contributed by atoms with Crippen LogP contribution in [-0.2, 0) is 19.9 Å². The van der Waals surface area contributed by atoms with Crippen LogP contribution < -0.4 is 15.6 Å². The van der Waals surface area contributed by atoms with E-state index in [2.05, 4.69) is 10.7 Å². The van der Waals surface area contributed by atoms with Crippen molar-refractivity contribution in [2.24, 2.45) is 0 Å². The second-order valence-electron chi connectivity index (χ2n) is 6.27. The van der Waals surface area contributed by atoms with Crippen molar-refractivity contribution < 1.29 is 24.0 Å². The minimum atomic E-state index is -1.14. The van der Waals surface area contributed by atoms with Gasteiger partial charge in [-0.2, -0.15) is 5.01 Å². The Morgan fingerprint density at radius 2 is 1.96 bits per heavy atom. The Kier molecular flexibility index (Phi) is 5.00. The zero-order chi connectivity index (χ0) is 17.9. The first kappa shape index (κ1) is 17.4. The first-order valence-electron chi connectivity index (χ1n) is 8.50. The summed E-state index contributed by atoms with van der Waals surface area (Å²) in [6.45, 7) is 4.71. The Labute approximate surface area is 146 Å². The van der Waals surface area contributed by atoms with Crippen LogP contribution in [0.5, 0.6) is 0 Å². The van der Waals surface area contributed by atoms with Crippen LogP contribution in [0.15, 0.2) is 30.3 Å². The normalized spacial score (nSPS) is 24.3. The van der Waals surface area contributed by atoms with Gasteiger partial charge < -0.3 is 15.0 Å². The van der Waals surface area contributed by atoms with Gasteiger partial charge in [0.05, 0.1) is 13.2 Å². The number of imide groups is 1. The van der Waals surface area contributed by atoms with Crippen LogP contribution in [0.4, 0.5) is 4.79 Å². The van der Waals surface area contributed by atoms with Gasteiger partial charge in [-0.25, -0.2) is 4.79 Å². The van der Waals surface area contributed by atoms with E-state index in [0.29, 0.717) is 25.2 Å². The fourth-order valence-electron chi connectivity index (χ4n) is 3.27. The van der Waals surface area contributed by atoms with Gasteiger partial charge in [-0.3, -0.25) is 15.0 Å². The number of rotatable bonds is 5. The molecular formula is C17H23N4O4+. The average Bonchev–Trinajstić information content (AvgIpc) is 2.88. The van der Waals surface area contributed by atoms with Gasteiger partial charge in [-0.1, -0.05) is 37.3 Å². The zero-order valence-corrected chi connectivity index (χ0v) is 14.2. The second kappa shape index (κ2) is 7.20. The number of ether oxygens (including phenoxy) is 1. The summed E-state index contributed by atoms with van der Waals surface area (Å²) in [7, 11) is 0. The van der Waals surface area contributed by atoms with Gasteiger partial charge in [0.2, 0.25) is 0 Å². The first-order chi connectivity index (χ1) is 12.1. The van der Waals surface area contributed by atoms with Gasteiger partial charge in [-0.05, 0) is 12.0 Å². The topological polar surface area (TPSA) is 92.2 Å². The third-order valence-electron chi connectivity index (χ3n) is 4.74. The Bertz CT molecular complexity index is 660. The number of quaternary nitrogens is 1. The molecule has 0 spiro atoms. The lowest BCUT2D eigenvalue weighted by Crippen LogP contribution is -3.15. The first-order valence-corrected chi connectivity index (χ1v) is 8.50. The number of nitrogens with one attached hydrogen (secondary N) is 3. The summed E-state index contributed by atoms with van der Waals surface area (Å²) in [5.74, 6) is -0.822. The lowest BCUT2D eigenvalue weighted by atomic mass is 9.87. The minimum absolute atomic E-state index is 0.199. The standard InChI is InChI=1S/C17H22N4O4/c1-2-17(13-6-4-3-5-7-13)15(23)21(16(24)18-17)19-14(22)12-20-8-10-25-11-9-20/h3-7H,2,8-12H2,1H3,(H,18,24)(H,19,22)/p+1/t17-/m1/s1. The van der Waals surface area contributed by atoms with Crippen molar-refractivity contribution in [2.45, 2.75) is 18.9 Å². The van der Waals surface area contributed by atoms with Crippen LogP contribution in [0.3, 0.4) is 0 Å². The van der Waals surface area contributed by atoms with Gasteiger partial charge in [-0.15, -0.1) is 0 Å². The number of nitrogens with zero attached hydrogens (tertiary/aromatic N) is 1. The molecule has 3 rings (SSSR count). The van der Waals surface area contributed by atoms with E-state index in [1.807, 2.05) is 25.1 Å². The Morgan fingerprint density at radius 3 is 2.60 bits per heavy atom. The number of hydrogen-bond acceptors (Lipinski definition) is 4. The molecule has 2 heterocycles. The Morgan fingerprint density at radius 1 is 1.28 bits per heavy atom. The number of urea groups is 1. The van der Waals surface area contributed by atoms with Crippen LogP contribution in [0.2, 0.25) is 0 Å². The summed E-state index contributed by atoms with van der Waals surface area (Å²) in [6, 6.07) is 8.46. The van der Waals surface area contributed by atoms with Gasteiger partial charge in [0, 0.05) is 0 Å². The van der Waals surface area contributed by atoms with Gasteiger partial charge in [0.1, 0.15) is 18.6 Å². The van der Waals surface area contributed by atoms with Crippen LogP contribution >= 0.6 is 0 Å². The molecule has 2 aliphatic rings. The highest BCUT2D eigenvalue weighted by Crippen LogP contribution is 2.31. The number of amides is 4. The number of morpholine rings is 1. The van der Waals surface area contributed by atoms with Crippen molar-refractivity contribution in [3.8, 4) is 0 Å². The number of hydrogen-bond donors (Lipinski definition) is 3. The van der Waals surface area contributed by atoms with E-state index >= 15 is 0 Å². The summed E-state index contributed by atoms with van der Waals surface area (Å²) in [6.07, 6.45) is 0.392. The van der Waals surface area contributed by atoms with E-state index in [9.17, 15) is 14.4 Å². The SMILES string of the molecule is CC[C@]1(c2ccccc2)NC(=O)N(NC(=O)C[NH+]2CCOCC2)C1=O. The molecule has 0 radical (unpaired) electrons. The Hall–Kier alpha value is -2.45. The highest BCUT2D eigenvalue weighted by Gasteiger charge is 2.52. The second-order valence-corrected chi connectivity index (χ2v) is 6.27. The quantitative estimate of drug-likeness (QED) is 0.583. The largest absolute Gasteiger partial charge is 0.370 e. The number of hydrazine groups is 1. The molecule has 8 nitrogen and oxygen atoms in total. The van der Waals surface area contributed by atoms with Crippen LogP contribution in [0, 0.1) is 0 Å². The maximum Gasteiger partial charge on any atom is 0.344 e. The molecule has 0 saturated carbocycles. The fourth-order valence-corrected chi connectivity index (χ4v) is 3.27. The van der Waals surface area contributed by atoms with Gasteiger partial charge in [0.25, 0.3) is 11.8 Å². The molecule has 134 valence electrons. The van der Waals surface area contributed by atoms with Crippen LogP contribution in [0.1, 0.15) is 18.9 Å². The number of carbonyl (C=O) groups is 3. The van der Waals surface area contributed by atoms with Crippen LogP contribution in [-0.4, -0.2) is 55.7 Å². The third-order valence-corrected chi connectivity index (χ3v) is 4.74. The van der Waals surface area contributed by atoms with E-state index in [0.717, 1.165) is 23.0 Å². The van der Waals surface area contributed by atoms with E-state index in [1.54, 1.807) is 12.1 Å². The molecule has 2 fully saturated rings. The van der Waals surface area contributed by atoms with E-state index in [-0.39, 0.29) is 12.5 Å². The average molecular weight is 347 g/mol. The molecule has 25 heavy (non-hydrogen) atoms. The van der Waals surface area contributed by atoms with Crippen LogP contribution in [0.25, 0.3) is 0 Å². The van der Waals surface area contributed by atoms with Crippen molar-refractivity contribution in [1.29, 1.82) is 0 Å². The van der Waals surface area contributed by atoms with Gasteiger partial charge in [0.15, 0.2) is 6.54 Å². The summed E-state index contributed by atoms with van der Waals surface area (Å²) >= 11 is 0. The molecule has 1 aromatic carbocycles. The lowest BCUT2D eigenvalue weighted by Gasteiger charge is -2.26. The molecule has 2 saturated heterocycles. The smallest absolute Gasteiger partial charge is 0.344 e. The van der Waals surface area contributed by atoms with Crippen molar-refractivity contribution in [3.05, 3.63) is 35.9 Å². The molecule has 4 amide bonds. The van der Waals surface area contributed by atoms with E-state index < -0.39 is 17.5 Å². The summed E-state index contributed by atoms with van der Waals surface area (Å²) in [4.78, 5) is 38.5. The Balaban J connectivity index is 1.71. The number of benzene rings is 1. The van der Waals surface area contributed by atoms with E-state index in [1.165, 1.54) is 0 Å². The summed E-state index contributed by atoms with van der Waals surface area (Å²) in [5.41, 5.74) is 2.01.